The second-order valence-electron chi connectivity index (χ2n) is 6.62. The van der Waals surface area contributed by atoms with Gasteiger partial charge in [0, 0.05) is 25.0 Å². The van der Waals surface area contributed by atoms with E-state index >= 15 is 0 Å². The molecule has 0 N–H and O–H groups in total. The van der Waals surface area contributed by atoms with Crippen LogP contribution in [-0.2, 0) is 16.0 Å². The van der Waals surface area contributed by atoms with Gasteiger partial charge >= 0.3 is 0 Å². The minimum atomic E-state index is -0.873. The van der Waals surface area contributed by atoms with Crippen LogP contribution in [0.25, 0.3) is 0 Å². The van der Waals surface area contributed by atoms with Crippen LogP contribution in [0.3, 0.4) is 0 Å². The molecule has 4 heteroatoms. The van der Waals surface area contributed by atoms with Gasteiger partial charge in [0.15, 0.2) is 0 Å². The van der Waals surface area contributed by atoms with Crippen molar-refractivity contribution in [3.05, 3.63) is 60.2 Å². The monoisotopic (exact) mass is 320 g/mol. The Morgan fingerprint density at radius 2 is 1.67 bits per heavy atom. The highest BCUT2D eigenvalue weighted by Gasteiger charge is 2.59. The number of benzene rings is 2. The lowest BCUT2D eigenvalue weighted by Gasteiger charge is -2.27. The van der Waals surface area contributed by atoms with Crippen LogP contribution in [0, 0.1) is 5.41 Å². The topological polar surface area (TPSA) is 40.6 Å². The third kappa shape index (κ3) is 2.21. The number of amides is 2. The van der Waals surface area contributed by atoms with Crippen LogP contribution in [-0.4, -0.2) is 25.4 Å². The number of rotatable bonds is 3. The average Bonchev–Trinajstić information content (AvgIpc) is 3.34. The lowest BCUT2D eigenvalue weighted by atomic mass is 10.0. The van der Waals surface area contributed by atoms with Crippen LogP contribution in [0.5, 0.6) is 0 Å². The van der Waals surface area contributed by atoms with E-state index in [4.69, 9.17) is 0 Å². The highest BCUT2D eigenvalue weighted by atomic mass is 16.2. The Kier molecular flexibility index (Phi) is 3.41. The van der Waals surface area contributed by atoms with Gasteiger partial charge in [-0.3, -0.25) is 9.59 Å². The van der Waals surface area contributed by atoms with Gasteiger partial charge in [-0.15, -0.1) is 0 Å². The number of carbonyl (C=O) groups is 2. The first-order valence-electron chi connectivity index (χ1n) is 8.36. The minimum Gasteiger partial charge on any atom is -0.315 e. The van der Waals surface area contributed by atoms with E-state index in [0.717, 1.165) is 17.8 Å². The molecule has 122 valence electrons. The summed E-state index contributed by atoms with van der Waals surface area (Å²) in [5.74, 6) is -0.136. The molecule has 2 aromatic carbocycles. The van der Waals surface area contributed by atoms with Crippen molar-refractivity contribution in [3.63, 3.8) is 0 Å². The van der Waals surface area contributed by atoms with Crippen molar-refractivity contribution in [2.24, 2.45) is 5.41 Å². The highest BCUT2D eigenvalue weighted by molar-refractivity contribution is 6.18. The highest BCUT2D eigenvalue weighted by Crippen LogP contribution is 2.50. The maximum atomic E-state index is 13.1. The summed E-state index contributed by atoms with van der Waals surface area (Å²) in [7, 11) is 1.75. The molecule has 0 saturated heterocycles. The van der Waals surface area contributed by atoms with Crippen LogP contribution < -0.4 is 9.80 Å². The summed E-state index contributed by atoms with van der Waals surface area (Å²) < 4.78 is 0. The summed E-state index contributed by atoms with van der Waals surface area (Å²) in [6, 6.07) is 17.5. The van der Waals surface area contributed by atoms with E-state index in [1.54, 1.807) is 16.8 Å². The zero-order valence-electron chi connectivity index (χ0n) is 13.7. The minimum absolute atomic E-state index is 0.0415. The molecular weight excluding hydrogens is 300 g/mol. The quantitative estimate of drug-likeness (QED) is 0.816. The number of nitrogens with zero attached hydrogens (tertiary/aromatic N) is 2. The molecule has 1 fully saturated rings. The summed E-state index contributed by atoms with van der Waals surface area (Å²) in [5, 5.41) is 0. The number of hydrogen-bond acceptors (Lipinski definition) is 2. The molecule has 0 radical (unpaired) electrons. The SMILES string of the molecule is CN(C(=O)C1(C(=O)N2CCc3ccccc32)CC1)c1ccccc1. The Labute approximate surface area is 141 Å². The molecule has 0 bridgehead atoms. The van der Waals surface area contributed by atoms with Gasteiger partial charge in [0.05, 0.1) is 0 Å². The number of hydrogen-bond donors (Lipinski definition) is 0. The normalized spacial score (nSPS) is 17.3. The molecular formula is C20H20N2O2. The zero-order chi connectivity index (χ0) is 16.7. The molecule has 0 atom stereocenters. The van der Waals surface area contributed by atoms with E-state index in [0.29, 0.717) is 19.4 Å². The van der Waals surface area contributed by atoms with Gasteiger partial charge in [0.25, 0.3) is 0 Å². The van der Waals surface area contributed by atoms with Crippen LogP contribution in [0.15, 0.2) is 54.6 Å². The summed E-state index contributed by atoms with van der Waals surface area (Å²) in [4.78, 5) is 29.6. The van der Waals surface area contributed by atoms with E-state index in [-0.39, 0.29) is 11.8 Å². The second kappa shape index (κ2) is 5.48. The first kappa shape index (κ1) is 14.9. The lowest BCUT2D eigenvalue weighted by Crippen LogP contribution is -2.45. The first-order valence-corrected chi connectivity index (χ1v) is 8.36. The molecule has 1 heterocycles. The average molecular weight is 320 g/mol. The van der Waals surface area contributed by atoms with E-state index in [2.05, 4.69) is 6.07 Å². The van der Waals surface area contributed by atoms with Gasteiger partial charge in [-0.1, -0.05) is 36.4 Å². The maximum Gasteiger partial charge on any atom is 0.242 e. The fourth-order valence-corrected chi connectivity index (χ4v) is 3.54. The van der Waals surface area contributed by atoms with E-state index in [1.165, 1.54) is 5.56 Å². The van der Waals surface area contributed by atoms with E-state index in [1.807, 2.05) is 48.5 Å². The molecule has 2 aromatic rings. The van der Waals surface area contributed by atoms with Crippen molar-refractivity contribution in [2.45, 2.75) is 19.3 Å². The van der Waals surface area contributed by atoms with Crippen molar-refractivity contribution in [2.75, 3.05) is 23.4 Å². The molecule has 1 aliphatic heterocycles. The van der Waals surface area contributed by atoms with Gasteiger partial charge < -0.3 is 9.80 Å². The Morgan fingerprint density at radius 3 is 2.38 bits per heavy atom. The molecule has 4 nitrogen and oxygen atoms in total. The largest absolute Gasteiger partial charge is 0.315 e. The first-order chi connectivity index (χ1) is 11.6. The fraction of sp³-hybridized carbons (Fsp3) is 0.300. The standard InChI is InChI=1S/C20H20N2O2/c1-21(16-8-3-2-4-9-16)18(23)20(12-13-20)19(24)22-14-11-15-7-5-6-10-17(15)22/h2-10H,11-14H2,1H3. The molecule has 2 aliphatic rings. The fourth-order valence-electron chi connectivity index (χ4n) is 3.54. The smallest absolute Gasteiger partial charge is 0.242 e. The summed E-state index contributed by atoms with van der Waals surface area (Å²) in [6.45, 7) is 0.669. The summed E-state index contributed by atoms with van der Waals surface area (Å²) >= 11 is 0. The van der Waals surface area contributed by atoms with Crippen molar-refractivity contribution in [3.8, 4) is 0 Å². The number of para-hydroxylation sites is 2. The van der Waals surface area contributed by atoms with Crippen LogP contribution in [0.4, 0.5) is 11.4 Å². The second-order valence-corrected chi connectivity index (χ2v) is 6.62. The van der Waals surface area contributed by atoms with Crippen molar-refractivity contribution < 1.29 is 9.59 Å². The molecule has 2 amide bonds. The van der Waals surface area contributed by atoms with Crippen molar-refractivity contribution in [1.29, 1.82) is 0 Å². The van der Waals surface area contributed by atoms with Gasteiger partial charge in [-0.05, 0) is 43.0 Å². The lowest BCUT2D eigenvalue weighted by molar-refractivity contribution is -0.133. The summed E-state index contributed by atoms with van der Waals surface area (Å²) in [6.07, 6.45) is 2.14. The van der Waals surface area contributed by atoms with Crippen LogP contribution in [0.2, 0.25) is 0 Å². The Balaban J connectivity index is 1.60. The summed E-state index contributed by atoms with van der Waals surface area (Å²) in [5.41, 5.74) is 2.10. The predicted molar refractivity (Wildman–Crippen MR) is 94.0 cm³/mol. The Hall–Kier alpha value is -2.62. The molecule has 4 rings (SSSR count). The van der Waals surface area contributed by atoms with Gasteiger partial charge in [-0.2, -0.15) is 0 Å². The molecule has 0 unspecified atom stereocenters. The number of carbonyl (C=O) groups excluding carboxylic acids is 2. The van der Waals surface area contributed by atoms with Crippen LogP contribution >= 0.6 is 0 Å². The Bertz CT molecular complexity index is 796. The molecule has 0 spiro atoms. The maximum absolute atomic E-state index is 13.1. The zero-order valence-corrected chi connectivity index (χ0v) is 13.7. The van der Waals surface area contributed by atoms with Crippen molar-refractivity contribution >= 4 is 23.2 Å². The third-order valence-corrected chi connectivity index (χ3v) is 5.15. The number of fused-ring (bicyclic) bond motifs is 1. The predicted octanol–water partition coefficient (Wildman–Crippen LogP) is 3.02. The van der Waals surface area contributed by atoms with Crippen molar-refractivity contribution in [1.82, 2.24) is 0 Å². The molecule has 0 aromatic heterocycles. The molecule has 1 saturated carbocycles. The van der Waals surface area contributed by atoms with E-state index in [9.17, 15) is 9.59 Å². The third-order valence-electron chi connectivity index (χ3n) is 5.15. The molecule has 24 heavy (non-hydrogen) atoms. The van der Waals surface area contributed by atoms with Gasteiger partial charge in [-0.25, -0.2) is 0 Å². The molecule has 1 aliphatic carbocycles. The number of anilines is 2. The van der Waals surface area contributed by atoms with E-state index < -0.39 is 5.41 Å². The Morgan fingerprint density at radius 1 is 1.00 bits per heavy atom. The van der Waals surface area contributed by atoms with Gasteiger partial charge in [0.1, 0.15) is 5.41 Å². The van der Waals surface area contributed by atoms with Gasteiger partial charge in [0.2, 0.25) is 11.8 Å². The van der Waals surface area contributed by atoms with Crippen LogP contribution in [0.1, 0.15) is 18.4 Å².